The van der Waals surface area contributed by atoms with Gasteiger partial charge in [0.25, 0.3) is 0 Å². The Bertz CT molecular complexity index is 599. The molecule has 4 nitrogen and oxygen atoms in total. The first kappa shape index (κ1) is 15.3. The SMILES string of the molecule is CCNC(c1cncc(OC)c1)c1ccc(OC)c(C)c1. The van der Waals surface area contributed by atoms with E-state index < -0.39 is 0 Å². The minimum Gasteiger partial charge on any atom is -0.496 e. The van der Waals surface area contributed by atoms with Crippen molar-refractivity contribution in [3.05, 3.63) is 53.3 Å². The number of nitrogens with one attached hydrogen (secondary N) is 1. The van der Waals surface area contributed by atoms with Gasteiger partial charge in [-0.25, -0.2) is 0 Å². The lowest BCUT2D eigenvalue weighted by molar-refractivity contribution is 0.410. The van der Waals surface area contributed by atoms with Crippen molar-refractivity contribution in [2.45, 2.75) is 19.9 Å². The minimum atomic E-state index is 0.0854. The quantitative estimate of drug-likeness (QED) is 0.886. The lowest BCUT2D eigenvalue weighted by Gasteiger charge is -2.20. The zero-order chi connectivity index (χ0) is 15.2. The molecule has 0 spiro atoms. The Balaban J connectivity index is 2.40. The van der Waals surface area contributed by atoms with E-state index in [-0.39, 0.29) is 6.04 Å². The van der Waals surface area contributed by atoms with E-state index in [9.17, 15) is 0 Å². The third-order valence-electron chi connectivity index (χ3n) is 3.46. The van der Waals surface area contributed by atoms with Gasteiger partial charge in [-0.05, 0) is 42.3 Å². The lowest BCUT2D eigenvalue weighted by Crippen LogP contribution is -2.22. The highest BCUT2D eigenvalue weighted by molar-refractivity contribution is 5.41. The standard InChI is InChI=1S/C17H22N2O2/c1-5-19-17(14-9-15(20-3)11-18-10-14)13-6-7-16(21-4)12(2)8-13/h6-11,17,19H,5H2,1-4H3. The minimum absolute atomic E-state index is 0.0854. The van der Waals surface area contributed by atoms with Crippen LogP contribution in [0.1, 0.15) is 29.7 Å². The van der Waals surface area contributed by atoms with E-state index in [1.54, 1.807) is 20.4 Å². The van der Waals surface area contributed by atoms with Crippen LogP contribution < -0.4 is 14.8 Å². The fourth-order valence-electron chi connectivity index (χ4n) is 2.42. The molecule has 4 heteroatoms. The summed E-state index contributed by atoms with van der Waals surface area (Å²) in [6.45, 7) is 5.01. The number of hydrogen-bond donors (Lipinski definition) is 1. The van der Waals surface area contributed by atoms with Crippen molar-refractivity contribution in [3.8, 4) is 11.5 Å². The number of methoxy groups -OCH3 is 2. The molecule has 0 amide bonds. The molecular weight excluding hydrogens is 264 g/mol. The van der Waals surface area contributed by atoms with Crippen LogP contribution in [0.5, 0.6) is 11.5 Å². The maximum atomic E-state index is 5.33. The second-order valence-electron chi connectivity index (χ2n) is 4.88. The van der Waals surface area contributed by atoms with Crippen molar-refractivity contribution in [3.63, 3.8) is 0 Å². The van der Waals surface area contributed by atoms with Crippen LogP contribution in [0.2, 0.25) is 0 Å². The summed E-state index contributed by atoms with van der Waals surface area (Å²) < 4.78 is 10.6. The number of hydrogen-bond acceptors (Lipinski definition) is 4. The normalized spacial score (nSPS) is 12.0. The molecule has 0 saturated heterocycles. The maximum absolute atomic E-state index is 5.33. The summed E-state index contributed by atoms with van der Waals surface area (Å²) in [4.78, 5) is 4.25. The van der Waals surface area contributed by atoms with Gasteiger partial charge in [0.15, 0.2) is 0 Å². The average Bonchev–Trinajstić information content (AvgIpc) is 2.52. The summed E-state index contributed by atoms with van der Waals surface area (Å²) in [6, 6.07) is 8.33. The fraction of sp³-hybridized carbons (Fsp3) is 0.353. The molecule has 1 atom stereocenters. The number of ether oxygens (including phenoxy) is 2. The smallest absolute Gasteiger partial charge is 0.137 e. The molecule has 0 bridgehead atoms. The molecule has 1 aromatic carbocycles. The van der Waals surface area contributed by atoms with E-state index >= 15 is 0 Å². The van der Waals surface area contributed by atoms with Gasteiger partial charge in [0.1, 0.15) is 11.5 Å². The second-order valence-corrected chi connectivity index (χ2v) is 4.88. The molecule has 2 rings (SSSR count). The third kappa shape index (κ3) is 3.52. The summed E-state index contributed by atoms with van der Waals surface area (Å²) in [5.41, 5.74) is 3.39. The van der Waals surface area contributed by atoms with Crippen LogP contribution in [0.15, 0.2) is 36.7 Å². The van der Waals surface area contributed by atoms with Crippen LogP contribution in [0, 0.1) is 6.92 Å². The molecule has 0 saturated carbocycles. The molecule has 0 aliphatic rings. The Labute approximate surface area is 126 Å². The number of aryl methyl sites for hydroxylation is 1. The van der Waals surface area contributed by atoms with Crippen LogP contribution in [-0.4, -0.2) is 25.7 Å². The van der Waals surface area contributed by atoms with Gasteiger partial charge in [0, 0.05) is 6.20 Å². The van der Waals surface area contributed by atoms with E-state index in [2.05, 4.69) is 36.3 Å². The molecule has 112 valence electrons. The first-order valence-electron chi connectivity index (χ1n) is 7.06. The first-order chi connectivity index (χ1) is 10.2. The maximum Gasteiger partial charge on any atom is 0.137 e. The topological polar surface area (TPSA) is 43.4 Å². The molecular formula is C17H22N2O2. The number of aromatic nitrogens is 1. The van der Waals surface area contributed by atoms with Crippen molar-refractivity contribution in [1.82, 2.24) is 10.3 Å². The fourth-order valence-corrected chi connectivity index (χ4v) is 2.42. The summed E-state index contributed by atoms with van der Waals surface area (Å²) >= 11 is 0. The van der Waals surface area contributed by atoms with Gasteiger partial charge in [-0.1, -0.05) is 19.1 Å². The van der Waals surface area contributed by atoms with E-state index in [4.69, 9.17) is 9.47 Å². The zero-order valence-corrected chi connectivity index (χ0v) is 13.0. The highest BCUT2D eigenvalue weighted by atomic mass is 16.5. The van der Waals surface area contributed by atoms with Gasteiger partial charge in [0.2, 0.25) is 0 Å². The van der Waals surface area contributed by atoms with Gasteiger partial charge >= 0.3 is 0 Å². The molecule has 0 aliphatic carbocycles. The molecule has 1 aromatic heterocycles. The summed E-state index contributed by atoms with van der Waals surface area (Å²) in [5, 5.41) is 3.49. The van der Waals surface area contributed by atoms with Crippen molar-refractivity contribution in [2.75, 3.05) is 20.8 Å². The van der Waals surface area contributed by atoms with Crippen LogP contribution >= 0.6 is 0 Å². The molecule has 1 heterocycles. The average molecular weight is 286 g/mol. The predicted octanol–water partition coefficient (Wildman–Crippen LogP) is 3.11. The van der Waals surface area contributed by atoms with Crippen molar-refractivity contribution in [1.29, 1.82) is 0 Å². The van der Waals surface area contributed by atoms with Gasteiger partial charge < -0.3 is 14.8 Å². The number of pyridine rings is 1. The zero-order valence-electron chi connectivity index (χ0n) is 13.0. The highest BCUT2D eigenvalue weighted by Gasteiger charge is 2.15. The second kappa shape index (κ2) is 7.09. The van der Waals surface area contributed by atoms with E-state index in [1.165, 1.54) is 5.56 Å². The molecule has 1 N–H and O–H groups in total. The van der Waals surface area contributed by atoms with Crippen LogP contribution in [0.3, 0.4) is 0 Å². The van der Waals surface area contributed by atoms with E-state index in [1.807, 2.05) is 18.3 Å². The molecule has 1 unspecified atom stereocenters. The Morgan fingerprint density at radius 1 is 1.10 bits per heavy atom. The highest BCUT2D eigenvalue weighted by Crippen LogP contribution is 2.28. The summed E-state index contributed by atoms with van der Waals surface area (Å²) in [5.74, 6) is 1.67. The largest absolute Gasteiger partial charge is 0.496 e. The van der Waals surface area contributed by atoms with E-state index in [0.29, 0.717) is 0 Å². The van der Waals surface area contributed by atoms with Crippen LogP contribution in [0.4, 0.5) is 0 Å². The molecule has 0 aliphatic heterocycles. The molecule has 21 heavy (non-hydrogen) atoms. The van der Waals surface area contributed by atoms with Gasteiger partial charge in [-0.3, -0.25) is 4.98 Å². The Morgan fingerprint density at radius 2 is 1.90 bits per heavy atom. The predicted molar refractivity (Wildman–Crippen MR) is 84.0 cm³/mol. The monoisotopic (exact) mass is 286 g/mol. The Kier molecular flexibility index (Phi) is 5.17. The number of rotatable bonds is 6. The van der Waals surface area contributed by atoms with Gasteiger partial charge in [0.05, 0.1) is 26.5 Å². The van der Waals surface area contributed by atoms with Crippen molar-refractivity contribution < 1.29 is 9.47 Å². The number of benzene rings is 1. The number of nitrogens with zero attached hydrogens (tertiary/aromatic N) is 1. The van der Waals surface area contributed by atoms with Gasteiger partial charge in [-0.15, -0.1) is 0 Å². The van der Waals surface area contributed by atoms with E-state index in [0.717, 1.165) is 29.2 Å². The van der Waals surface area contributed by atoms with Crippen molar-refractivity contribution in [2.24, 2.45) is 0 Å². The van der Waals surface area contributed by atoms with Gasteiger partial charge in [-0.2, -0.15) is 0 Å². The Hall–Kier alpha value is -2.07. The van der Waals surface area contributed by atoms with Crippen LogP contribution in [-0.2, 0) is 0 Å². The third-order valence-corrected chi connectivity index (χ3v) is 3.46. The molecule has 2 aromatic rings. The molecule has 0 radical (unpaired) electrons. The van der Waals surface area contributed by atoms with Crippen molar-refractivity contribution >= 4 is 0 Å². The Morgan fingerprint density at radius 3 is 2.52 bits per heavy atom. The van der Waals surface area contributed by atoms with Crippen LogP contribution in [0.25, 0.3) is 0 Å². The molecule has 0 fully saturated rings. The first-order valence-corrected chi connectivity index (χ1v) is 7.06. The lowest BCUT2D eigenvalue weighted by atomic mass is 9.98. The summed E-state index contributed by atoms with van der Waals surface area (Å²) in [7, 11) is 3.34. The summed E-state index contributed by atoms with van der Waals surface area (Å²) in [6.07, 6.45) is 3.58.